The molecule has 0 aromatic carbocycles. The largest absolute Gasteiger partial charge is 0.295 e. The summed E-state index contributed by atoms with van der Waals surface area (Å²) in [7, 11) is 0. The van der Waals surface area contributed by atoms with E-state index >= 15 is 0 Å². The molecule has 16 heavy (non-hydrogen) atoms. The minimum Gasteiger partial charge on any atom is -0.295 e. The van der Waals surface area contributed by atoms with Gasteiger partial charge in [0.1, 0.15) is 0 Å². The van der Waals surface area contributed by atoms with E-state index in [1.54, 1.807) is 11.3 Å². The summed E-state index contributed by atoms with van der Waals surface area (Å²) in [6.07, 6.45) is 7.62. The zero-order valence-corrected chi connectivity index (χ0v) is 11.3. The maximum Gasteiger partial charge on any atom is 0.0900 e. The summed E-state index contributed by atoms with van der Waals surface area (Å²) < 4.78 is 0. The zero-order valence-electron chi connectivity index (χ0n) is 10.5. The molecule has 0 aliphatic carbocycles. The molecule has 1 aromatic heterocycles. The van der Waals surface area contributed by atoms with Crippen LogP contribution in [0.5, 0.6) is 0 Å². The lowest BCUT2D eigenvalue weighted by Gasteiger charge is -2.18. The number of hydrogen-bond acceptors (Lipinski definition) is 3. The van der Waals surface area contributed by atoms with Crippen molar-refractivity contribution in [1.29, 1.82) is 0 Å². The molecule has 0 aliphatic heterocycles. The number of nitrogens with one attached hydrogen (secondary N) is 1. The molecule has 0 saturated carbocycles. The van der Waals surface area contributed by atoms with Gasteiger partial charge in [0.05, 0.1) is 16.7 Å². The summed E-state index contributed by atoms with van der Waals surface area (Å²) in [4.78, 5) is 5.83. The van der Waals surface area contributed by atoms with E-state index in [0.717, 1.165) is 23.5 Å². The van der Waals surface area contributed by atoms with E-state index in [4.69, 9.17) is 6.42 Å². The molecule has 88 valence electrons. The number of nitrogens with zero attached hydrogens (tertiary/aromatic N) is 1. The summed E-state index contributed by atoms with van der Waals surface area (Å²) >= 11 is 1.74. The Morgan fingerprint density at radius 1 is 1.50 bits per heavy atom. The highest BCUT2D eigenvalue weighted by Crippen LogP contribution is 2.22. The number of aromatic nitrogens is 1. The van der Waals surface area contributed by atoms with Gasteiger partial charge in [0.15, 0.2) is 0 Å². The van der Waals surface area contributed by atoms with Crippen LogP contribution in [0.1, 0.15) is 48.3 Å². The van der Waals surface area contributed by atoms with Gasteiger partial charge in [-0.05, 0) is 27.2 Å². The standard InChI is InChI=1S/C13H20N2S/c1-6-8-12(7-2)14-9(3)13-10(4)16-11(5)15-13/h2,9,12,14H,6,8H2,1,3-5H3. The van der Waals surface area contributed by atoms with Gasteiger partial charge in [-0.3, -0.25) is 5.32 Å². The van der Waals surface area contributed by atoms with Gasteiger partial charge < -0.3 is 0 Å². The molecule has 3 heteroatoms. The average Bonchev–Trinajstić information content (AvgIpc) is 2.57. The van der Waals surface area contributed by atoms with Crippen LogP contribution in [-0.4, -0.2) is 11.0 Å². The van der Waals surface area contributed by atoms with Crippen molar-refractivity contribution in [2.75, 3.05) is 0 Å². The van der Waals surface area contributed by atoms with Gasteiger partial charge in [-0.2, -0.15) is 0 Å². The molecule has 0 amide bonds. The summed E-state index contributed by atoms with van der Waals surface area (Å²) in [6, 6.07) is 0.388. The molecule has 2 unspecified atom stereocenters. The third kappa shape index (κ3) is 3.33. The van der Waals surface area contributed by atoms with E-state index in [2.05, 4.69) is 37.0 Å². The Morgan fingerprint density at radius 3 is 2.62 bits per heavy atom. The van der Waals surface area contributed by atoms with Crippen molar-refractivity contribution in [2.45, 2.75) is 52.6 Å². The monoisotopic (exact) mass is 236 g/mol. The van der Waals surface area contributed by atoms with Crippen molar-refractivity contribution in [3.8, 4) is 12.3 Å². The van der Waals surface area contributed by atoms with E-state index in [1.165, 1.54) is 4.88 Å². The molecule has 0 radical (unpaired) electrons. The first-order valence-electron chi connectivity index (χ1n) is 5.74. The summed E-state index contributed by atoms with van der Waals surface area (Å²) in [5.41, 5.74) is 1.14. The summed E-state index contributed by atoms with van der Waals surface area (Å²) in [5, 5.41) is 4.57. The Morgan fingerprint density at radius 2 is 2.19 bits per heavy atom. The Labute approximate surface area is 102 Å². The predicted octanol–water partition coefficient (Wildman–Crippen LogP) is 3.21. The van der Waals surface area contributed by atoms with Gasteiger partial charge in [0.25, 0.3) is 0 Å². The number of hydrogen-bond donors (Lipinski definition) is 1. The van der Waals surface area contributed by atoms with Gasteiger partial charge in [-0.15, -0.1) is 17.8 Å². The highest BCUT2D eigenvalue weighted by atomic mass is 32.1. The fraction of sp³-hybridized carbons (Fsp3) is 0.615. The fourth-order valence-electron chi connectivity index (χ4n) is 1.83. The lowest BCUT2D eigenvalue weighted by Crippen LogP contribution is -2.30. The van der Waals surface area contributed by atoms with Crippen LogP contribution in [0.25, 0.3) is 0 Å². The average molecular weight is 236 g/mol. The highest BCUT2D eigenvalue weighted by molar-refractivity contribution is 7.11. The van der Waals surface area contributed by atoms with Crippen LogP contribution in [0.4, 0.5) is 0 Å². The lowest BCUT2D eigenvalue weighted by molar-refractivity contribution is 0.487. The molecule has 0 aliphatic rings. The Hall–Kier alpha value is -0.850. The second-order valence-electron chi connectivity index (χ2n) is 4.07. The van der Waals surface area contributed by atoms with Crippen molar-refractivity contribution in [3.63, 3.8) is 0 Å². The molecule has 1 N–H and O–H groups in total. The van der Waals surface area contributed by atoms with Gasteiger partial charge in [-0.25, -0.2) is 4.98 Å². The van der Waals surface area contributed by atoms with E-state index in [9.17, 15) is 0 Å². The molecule has 0 bridgehead atoms. The van der Waals surface area contributed by atoms with Crippen LogP contribution in [0, 0.1) is 26.2 Å². The van der Waals surface area contributed by atoms with Crippen LogP contribution < -0.4 is 5.32 Å². The molecule has 0 spiro atoms. The maximum atomic E-state index is 5.50. The number of aryl methyl sites for hydroxylation is 2. The van der Waals surface area contributed by atoms with Crippen LogP contribution in [-0.2, 0) is 0 Å². The second kappa shape index (κ2) is 6.03. The normalized spacial score (nSPS) is 14.4. The fourth-order valence-corrected chi connectivity index (χ4v) is 2.74. The van der Waals surface area contributed by atoms with Crippen molar-refractivity contribution in [3.05, 3.63) is 15.6 Å². The van der Waals surface area contributed by atoms with Gasteiger partial charge in [0, 0.05) is 10.9 Å². The first-order valence-corrected chi connectivity index (χ1v) is 6.56. The number of terminal acetylenes is 1. The molecule has 0 saturated heterocycles. The van der Waals surface area contributed by atoms with Crippen LogP contribution in [0.2, 0.25) is 0 Å². The Bertz CT molecular complexity index is 376. The van der Waals surface area contributed by atoms with Crippen LogP contribution in [0.3, 0.4) is 0 Å². The van der Waals surface area contributed by atoms with E-state index in [-0.39, 0.29) is 12.1 Å². The van der Waals surface area contributed by atoms with Crippen molar-refractivity contribution in [1.82, 2.24) is 10.3 Å². The third-order valence-electron chi connectivity index (χ3n) is 2.58. The van der Waals surface area contributed by atoms with Gasteiger partial charge >= 0.3 is 0 Å². The molecule has 2 atom stereocenters. The molecular weight excluding hydrogens is 216 g/mol. The minimum absolute atomic E-state index is 0.154. The van der Waals surface area contributed by atoms with Crippen LogP contribution >= 0.6 is 11.3 Å². The molecule has 1 aromatic rings. The molecule has 2 nitrogen and oxygen atoms in total. The molecular formula is C13H20N2S. The molecule has 1 rings (SSSR count). The van der Waals surface area contributed by atoms with Crippen molar-refractivity contribution < 1.29 is 0 Å². The predicted molar refractivity (Wildman–Crippen MR) is 70.7 cm³/mol. The first kappa shape index (κ1) is 13.2. The smallest absolute Gasteiger partial charge is 0.0900 e. The SMILES string of the molecule is C#CC(CCC)NC(C)c1nc(C)sc1C. The van der Waals surface area contributed by atoms with E-state index in [1.807, 2.05) is 6.92 Å². The Balaban J connectivity index is 2.68. The zero-order chi connectivity index (χ0) is 12.1. The highest BCUT2D eigenvalue weighted by Gasteiger charge is 2.15. The van der Waals surface area contributed by atoms with E-state index < -0.39 is 0 Å². The number of rotatable bonds is 5. The summed E-state index contributed by atoms with van der Waals surface area (Å²) in [5.74, 6) is 2.79. The lowest BCUT2D eigenvalue weighted by atomic mass is 10.1. The van der Waals surface area contributed by atoms with Crippen molar-refractivity contribution >= 4 is 11.3 Å². The van der Waals surface area contributed by atoms with Gasteiger partial charge in [-0.1, -0.05) is 19.3 Å². The number of thiazole rings is 1. The topological polar surface area (TPSA) is 24.9 Å². The quantitative estimate of drug-likeness (QED) is 0.794. The van der Waals surface area contributed by atoms with Gasteiger partial charge in [0.2, 0.25) is 0 Å². The third-order valence-corrected chi connectivity index (χ3v) is 3.48. The maximum absolute atomic E-state index is 5.50. The van der Waals surface area contributed by atoms with Crippen LogP contribution in [0.15, 0.2) is 0 Å². The summed E-state index contributed by atoms with van der Waals surface area (Å²) in [6.45, 7) is 8.43. The van der Waals surface area contributed by atoms with E-state index in [0.29, 0.717) is 0 Å². The van der Waals surface area contributed by atoms with Crippen molar-refractivity contribution in [2.24, 2.45) is 0 Å². The molecule has 1 heterocycles. The first-order chi connectivity index (χ1) is 7.58. The molecule has 0 fully saturated rings. The second-order valence-corrected chi connectivity index (χ2v) is 5.48. The Kier molecular flexibility index (Phi) is 4.98. The minimum atomic E-state index is 0.154.